The van der Waals surface area contributed by atoms with Crippen LogP contribution in [0.3, 0.4) is 0 Å². The predicted molar refractivity (Wildman–Crippen MR) is 158 cm³/mol. The molecule has 0 fully saturated rings. The van der Waals surface area contributed by atoms with Crippen molar-refractivity contribution in [2.75, 3.05) is 6.61 Å². The van der Waals surface area contributed by atoms with Gasteiger partial charge in [0.2, 0.25) is 0 Å². The fraction of sp³-hybridized carbons (Fsp3) is 0.353. The highest BCUT2D eigenvalue weighted by Gasteiger charge is 2.17. The molecule has 4 aromatic rings. The van der Waals surface area contributed by atoms with E-state index in [0.29, 0.717) is 49.0 Å². The Morgan fingerprint density at radius 3 is 2.45 bits per heavy atom. The van der Waals surface area contributed by atoms with E-state index in [4.69, 9.17) is 14.6 Å². The van der Waals surface area contributed by atoms with Crippen molar-refractivity contribution in [2.24, 2.45) is 5.92 Å². The molecule has 0 aliphatic rings. The zero-order chi connectivity index (χ0) is 28.5. The molecular weight excluding hydrogens is 502 g/mol. The molecule has 3 aromatic carbocycles. The Labute approximate surface area is 236 Å². The average molecular weight is 542 g/mol. The molecule has 0 amide bonds. The third kappa shape index (κ3) is 7.53. The number of aromatic nitrogens is 1. The standard InChI is InChI=1S/C34H39NO5/c1-4-5-19-39-32-21-25(20-24(2)3)12-13-27(32)23-40-28-16-14-26(15-17-28)34(38)30-22-35(18-8-11-33(36)37)31-10-7-6-9-29(30)31/h6-7,9-10,12-17,21-22,24H,4-5,8,11,18-20,23H2,1-3H3,(H,36,37). The quantitative estimate of drug-likeness (QED) is 0.123. The van der Waals surface area contributed by atoms with Crippen LogP contribution in [0.2, 0.25) is 0 Å². The van der Waals surface area contributed by atoms with E-state index in [2.05, 4.69) is 39.0 Å². The zero-order valence-corrected chi connectivity index (χ0v) is 23.7. The van der Waals surface area contributed by atoms with Crippen molar-refractivity contribution in [3.8, 4) is 11.5 Å². The number of carboxylic acid groups (broad SMARTS) is 1. The summed E-state index contributed by atoms with van der Waals surface area (Å²) in [5.74, 6) is 1.22. The summed E-state index contributed by atoms with van der Waals surface area (Å²) in [7, 11) is 0. The van der Waals surface area contributed by atoms with Crippen LogP contribution in [-0.2, 0) is 24.4 Å². The first-order valence-corrected chi connectivity index (χ1v) is 14.2. The van der Waals surface area contributed by atoms with Crippen LogP contribution in [0.15, 0.2) is 72.9 Å². The van der Waals surface area contributed by atoms with Gasteiger partial charge in [-0.25, -0.2) is 0 Å². The van der Waals surface area contributed by atoms with Gasteiger partial charge in [0.25, 0.3) is 0 Å². The Kier molecular flexibility index (Phi) is 10.0. The molecule has 1 heterocycles. The number of carbonyl (C=O) groups is 2. The highest BCUT2D eigenvalue weighted by molar-refractivity contribution is 6.16. The lowest BCUT2D eigenvalue weighted by molar-refractivity contribution is -0.137. The van der Waals surface area contributed by atoms with Crippen LogP contribution < -0.4 is 9.47 Å². The Balaban J connectivity index is 1.46. The molecule has 1 N–H and O–H groups in total. The Morgan fingerprint density at radius 1 is 0.950 bits per heavy atom. The van der Waals surface area contributed by atoms with Crippen LogP contribution in [0.5, 0.6) is 11.5 Å². The number of unbranched alkanes of at least 4 members (excludes halogenated alkanes) is 1. The summed E-state index contributed by atoms with van der Waals surface area (Å²) in [5.41, 5.74) is 4.36. The van der Waals surface area contributed by atoms with Crippen LogP contribution in [0, 0.1) is 5.92 Å². The number of nitrogens with zero attached hydrogens (tertiary/aromatic N) is 1. The normalized spacial score (nSPS) is 11.2. The monoisotopic (exact) mass is 541 g/mol. The Morgan fingerprint density at radius 2 is 1.73 bits per heavy atom. The first-order valence-electron chi connectivity index (χ1n) is 14.2. The Hall–Kier alpha value is -4.06. The minimum atomic E-state index is -0.821. The molecule has 0 spiro atoms. The maximum absolute atomic E-state index is 13.5. The number of aliphatic carboxylic acids is 1. The van der Waals surface area contributed by atoms with Gasteiger partial charge in [0, 0.05) is 46.8 Å². The lowest BCUT2D eigenvalue weighted by Gasteiger charge is -2.15. The van der Waals surface area contributed by atoms with Gasteiger partial charge in [-0.3, -0.25) is 9.59 Å². The van der Waals surface area contributed by atoms with Crippen LogP contribution in [0.4, 0.5) is 0 Å². The van der Waals surface area contributed by atoms with Gasteiger partial charge in [0.15, 0.2) is 5.78 Å². The number of aryl methyl sites for hydroxylation is 1. The number of rotatable bonds is 15. The molecule has 0 unspecified atom stereocenters. The molecule has 6 heteroatoms. The summed E-state index contributed by atoms with van der Waals surface area (Å²) in [6.45, 7) is 8.17. The topological polar surface area (TPSA) is 77.8 Å². The SMILES string of the molecule is CCCCOc1cc(CC(C)C)ccc1COc1ccc(C(=O)c2cn(CCCC(=O)O)c3ccccc23)cc1. The second-order valence-corrected chi connectivity index (χ2v) is 10.6. The van der Waals surface area contributed by atoms with E-state index in [1.807, 2.05) is 47.2 Å². The maximum atomic E-state index is 13.5. The van der Waals surface area contributed by atoms with E-state index in [9.17, 15) is 9.59 Å². The molecule has 0 bridgehead atoms. The van der Waals surface area contributed by atoms with Crippen molar-refractivity contribution in [1.82, 2.24) is 4.57 Å². The number of ether oxygens (including phenoxy) is 2. The zero-order valence-electron chi connectivity index (χ0n) is 23.7. The summed E-state index contributed by atoms with van der Waals surface area (Å²) in [5, 5.41) is 9.85. The number of fused-ring (bicyclic) bond motifs is 1. The first kappa shape index (κ1) is 28.9. The number of carbonyl (C=O) groups excluding carboxylic acids is 1. The van der Waals surface area contributed by atoms with Crippen molar-refractivity contribution in [1.29, 1.82) is 0 Å². The molecule has 0 atom stereocenters. The smallest absolute Gasteiger partial charge is 0.303 e. The summed E-state index contributed by atoms with van der Waals surface area (Å²) in [6, 6.07) is 21.3. The summed E-state index contributed by atoms with van der Waals surface area (Å²) >= 11 is 0. The number of benzene rings is 3. The molecule has 0 radical (unpaired) electrons. The minimum Gasteiger partial charge on any atom is -0.493 e. The maximum Gasteiger partial charge on any atom is 0.303 e. The number of hydrogen-bond donors (Lipinski definition) is 1. The van der Waals surface area contributed by atoms with Gasteiger partial charge in [-0.2, -0.15) is 0 Å². The van der Waals surface area contributed by atoms with Crippen LogP contribution in [0.25, 0.3) is 10.9 Å². The van der Waals surface area contributed by atoms with Gasteiger partial charge < -0.3 is 19.1 Å². The molecule has 4 rings (SSSR count). The third-order valence-electron chi connectivity index (χ3n) is 6.86. The number of carboxylic acids is 1. The molecule has 40 heavy (non-hydrogen) atoms. The fourth-order valence-electron chi connectivity index (χ4n) is 4.81. The van der Waals surface area contributed by atoms with Crippen molar-refractivity contribution >= 4 is 22.7 Å². The second kappa shape index (κ2) is 13.8. The fourth-order valence-corrected chi connectivity index (χ4v) is 4.81. The first-order chi connectivity index (χ1) is 19.4. The molecule has 0 saturated heterocycles. The van der Waals surface area contributed by atoms with Gasteiger partial charge in [0.05, 0.1) is 6.61 Å². The molecular formula is C34H39NO5. The van der Waals surface area contributed by atoms with Crippen LogP contribution in [-0.4, -0.2) is 28.0 Å². The number of ketones is 1. The van der Waals surface area contributed by atoms with E-state index >= 15 is 0 Å². The third-order valence-corrected chi connectivity index (χ3v) is 6.86. The largest absolute Gasteiger partial charge is 0.493 e. The van der Waals surface area contributed by atoms with E-state index < -0.39 is 5.97 Å². The molecule has 0 saturated carbocycles. The van der Waals surface area contributed by atoms with Gasteiger partial charge in [-0.1, -0.05) is 57.5 Å². The van der Waals surface area contributed by atoms with Gasteiger partial charge in [0.1, 0.15) is 18.1 Å². The number of para-hydroxylation sites is 1. The van der Waals surface area contributed by atoms with Gasteiger partial charge in [-0.05, 0) is 67.1 Å². The van der Waals surface area contributed by atoms with Crippen molar-refractivity contribution < 1.29 is 24.2 Å². The predicted octanol–water partition coefficient (Wildman–Crippen LogP) is 7.69. The Bertz CT molecular complexity index is 1430. The van der Waals surface area contributed by atoms with Crippen molar-refractivity contribution in [2.45, 2.75) is 66.0 Å². The van der Waals surface area contributed by atoms with Crippen molar-refractivity contribution in [3.63, 3.8) is 0 Å². The highest BCUT2D eigenvalue weighted by atomic mass is 16.5. The molecule has 0 aliphatic carbocycles. The van der Waals surface area contributed by atoms with Crippen LogP contribution >= 0.6 is 0 Å². The minimum absolute atomic E-state index is 0.0768. The van der Waals surface area contributed by atoms with Gasteiger partial charge >= 0.3 is 5.97 Å². The lowest BCUT2D eigenvalue weighted by Crippen LogP contribution is -2.05. The number of hydrogen-bond acceptors (Lipinski definition) is 4. The summed E-state index contributed by atoms with van der Waals surface area (Å²) < 4.78 is 14.2. The van der Waals surface area contributed by atoms with E-state index in [1.165, 1.54) is 5.56 Å². The van der Waals surface area contributed by atoms with E-state index in [0.717, 1.165) is 41.5 Å². The highest BCUT2D eigenvalue weighted by Crippen LogP contribution is 2.27. The summed E-state index contributed by atoms with van der Waals surface area (Å²) in [4.78, 5) is 24.4. The van der Waals surface area contributed by atoms with E-state index in [-0.39, 0.29) is 12.2 Å². The molecule has 1 aromatic heterocycles. The second-order valence-electron chi connectivity index (χ2n) is 10.6. The average Bonchev–Trinajstić information content (AvgIpc) is 3.31. The molecule has 0 aliphatic heterocycles. The molecule has 210 valence electrons. The van der Waals surface area contributed by atoms with E-state index in [1.54, 1.807) is 12.1 Å². The van der Waals surface area contributed by atoms with Crippen LogP contribution in [0.1, 0.15) is 73.5 Å². The van der Waals surface area contributed by atoms with Crippen molar-refractivity contribution in [3.05, 3.63) is 95.2 Å². The lowest BCUT2D eigenvalue weighted by atomic mass is 10.0. The molecule has 6 nitrogen and oxygen atoms in total. The van der Waals surface area contributed by atoms with Gasteiger partial charge in [-0.15, -0.1) is 0 Å². The summed E-state index contributed by atoms with van der Waals surface area (Å²) in [6.07, 6.45) is 5.51.